The van der Waals surface area contributed by atoms with E-state index >= 15 is 0 Å². The molecule has 0 bridgehead atoms. The summed E-state index contributed by atoms with van der Waals surface area (Å²) in [4.78, 5) is 0. The van der Waals surface area contributed by atoms with Crippen molar-refractivity contribution < 1.29 is 4.74 Å². The van der Waals surface area contributed by atoms with Crippen molar-refractivity contribution in [2.24, 2.45) is 0 Å². The molecule has 0 fully saturated rings. The summed E-state index contributed by atoms with van der Waals surface area (Å²) in [5.74, 6) is 0. The molecule has 116 valence electrons. The van der Waals surface area contributed by atoms with Gasteiger partial charge in [-0.3, -0.25) is 0 Å². The monoisotopic (exact) mass is 287 g/mol. The van der Waals surface area contributed by atoms with Crippen LogP contribution in [0.5, 0.6) is 0 Å². The van der Waals surface area contributed by atoms with Crippen molar-refractivity contribution in [3.8, 4) is 0 Å². The lowest BCUT2D eigenvalue weighted by atomic mass is 9.67. The smallest absolute Gasteiger partial charge is 0.0876 e. The average Bonchev–Trinajstić information content (AvgIpc) is 2.57. The van der Waals surface area contributed by atoms with Gasteiger partial charge in [-0.15, -0.1) is 0 Å². The molecule has 0 aromatic heterocycles. The quantitative estimate of drug-likeness (QED) is 0.801. The van der Waals surface area contributed by atoms with Gasteiger partial charge in [0.05, 0.1) is 12.9 Å². The van der Waals surface area contributed by atoms with E-state index in [0.717, 1.165) is 38.8 Å². The van der Waals surface area contributed by atoms with Crippen molar-refractivity contribution in [2.75, 3.05) is 13.2 Å². The number of hydrogen-bond acceptors (Lipinski definition) is 2. The highest BCUT2D eigenvalue weighted by Gasteiger charge is 2.39. The van der Waals surface area contributed by atoms with E-state index in [0.29, 0.717) is 6.04 Å². The fraction of sp³-hybridized carbons (Fsp3) is 0.579. The predicted octanol–water partition coefficient (Wildman–Crippen LogP) is 4.42. The van der Waals surface area contributed by atoms with E-state index in [1.54, 1.807) is 0 Å². The molecule has 0 aliphatic carbocycles. The minimum absolute atomic E-state index is 0.143. The lowest BCUT2D eigenvalue weighted by Crippen LogP contribution is -2.49. The minimum Gasteiger partial charge on any atom is -0.501 e. The van der Waals surface area contributed by atoms with Crippen LogP contribution in [-0.2, 0) is 10.2 Å². The Bertz CT molecular complexity index is 448. The van der Waals surface area contributed by atoms with E-state index in [4.69, 9.17) is 4.74 Å². The van der Waals surface area contributed by atoms with Crippen LogP contribution in [-0.4, -0.2) is 19.2 Å². The molecule has 1 atom stereocenters. The molecule has 1 unspecified atom stereocenters. The molecule has 21 heavy (non-hydrogen) atoms. The standard InChI is InChI=1S/C19H29NO/c1-4-19(5-2,17-12-8-7-9-13-17)18(20-6-3)16-11-10-14-21-15-16/h7-9,12-13,15,18,20H,4-6,10-11,14H2,1-3H3. The largest absolute Gasteiger partial charge is 0.501 e. The highest BCUT2D eigenvalue weighted by molar-refractivity contribution is 5.33. The topological polar surface area (TPSA) is 21.3 Å². The number of likely N-dealkylation sites (N-methyl/N-ethyl adjacent to an activating group) is 1. The lowest BCUT2D eigenvalue weighted by molar-refractivity contribution is 0.206. The van der Waals surface area contributed by atoms with E-state index < -0.39 is 0 Å². The lowest BCUT2D eigenvalue weighted by Gasteiger charge is -2.42. The Morgan fingerprint density at radius 2 is 1.86 bits per heavy atom. The Morgan fingerprint density at radius 1 is 1.14 bits per heavy atom. The molecule has 0 saturated carbocycles. The molecular weight excluding hydrogens is 258 g/mol. The van der Waals surface area contributed by atoms with Gasteiger partial charge in [-0.2, -0.15) is 0 Å². The van der Waals surface area contributed by atoms with Gasteiger partial charge in [0, 0.05) is 11.5 Å². The van der Waals surface area contributed by atoms with Gasteiger partial charge < -0.3 is 10.1 Å². The molecule has 0 saturated heterocycles. The van der Waals surface area contributed by atoms with Crippen LogP contribution in [0.2, 0.25) is 0 Å². The second-order valence-electron chi connectivity index (χ2n) is 5.89. The summed E-state index contributed by atoms with van der Waals surface area (Å²) in [6, 6.07) is 11.3. The Labute approximate surface area is 129 Å². The summed E-state index contributed by atoms with van der Waals surface area (Å²) in [7, 11) is 0. The third-order valence-electron chi connectivity index (χ3n) is 4.90. The molecular formula is C19H29NO. The number of nitrogens with one attached hydrogen (secondary N) is 1. The maximum Gasteiger partial charge on any atom is 0.0876 e. The number of rotatable bonds is 7. The Morgan fingerprint density at radius 3 is 2.38 bits per heavy atom. The summed E-state index contributed by atoms with van der Waals surface area (Å²) in [5.41, 5.74) is 3.01. The maximum atomic E-state index is 5.63. The third kappa shape index (κ3) is 3.32. The highest BCUT2D eigenvalue weighted by Crippen LogP contribution is 2.39. The van der Waals surface area contributed by atoms with E-state index in [1.165, 1.54) is 11.1 Å². The molecule has 2 heteroatoms. The molecule has 1 aromatic rings. The molecule has 1 aliphatic rings. The SMILES string of the molecule is CCNC(C1=COCCC1)C(CC)(CC)c1ccccc1. The van der Waals surface area contributed by atoms with Crippen LogP contribution in [0.4, 0.5) is 0 Å². The first-order valence-electron chi connectivity index (χ1n) is 8.38. The van der Waals surface area contributed by atoms with Crippen LogP contribution in [0.3, 0.4) is 0 Å². The Hall–Kier alpha value is -1.28. The van der Waals surface area contributed by atoms with Crippen molar-refractivity contribution in [3.63, 3.8) is 0 Å². The molecule has 0 amide bonds. The Kier molecular flexibility index (Phi) is 5.86. The molecule has 1 aliphatic heterocycles. The first kappa shape index (κ1) is 16.1. The van der Waals surface area contributed by atoms with Gasteiger partial charge in [0.15, 0.2) is 0 Å². The predicted molar refractivity (Wildman–Crippen MR) is 89.4 cm³/mol. The van der Waals surface area contributed by atoms with Crippen molar-refractivity contribution in [1.29, 1.82) is 0 Å². The van der Waals surface area contributed by atoms with Gasteiger partial charge in [-0.25, -0.2) is 0 Å². The fourth-order valence-electron chi connectivity index (χ4n) is 3.69. The summed E-state index contributed by atoms with van der Waals surface area (Å²) < 4.78 is 5.63. The molecule has 1 N–H and O–H groups in total. The van der Waals surface area contributed by atoms with Gasteiger partial charge in [-0.1, -0.05) is 51.1 Å². The van der Waals surface area contributed by atoms with E-state index in [2.05, 4.69) is 56.4 Å². The molecule has 0 radical (unpaired) electrons. The molecule has 0 spiro atoms. The molecule has 1 aromatic carbocycles. The molecule has 2 nitrogen and oxygen atoms in total. The van der Waals surface area contributed by atoms with Crippen molar-refractivity contribution in [3.05, 3.63) is 47.7 Å². The van der Waals surface area contributed by atoms with E-state index in [1.807, 2.05) is 6.26 Å². The minimum atomic E-state index is 0.143. The highest BCUT2D eigenvalue weighted by atomic mass is 16.5. The normalized spacial score (nSPS) is 17.0. The van der Waals surface area contributed by atoms with Gasteiger partial charge >= 0.3 is 0 Å². The zero-order valence-electron chi connectivity index (χ0n) is 13.7. The zero-order chi connectivity index (χ0) is 15.1. The Balaban J connectivity index is 2.43. The van der Waals surface area contributed by atoms with Crippen LogP contribution < -0.4 is 5.32 Å². The summed E-state index contributed by atoms with van der Waals surface area (Å²) in [6.07, 6.45) is 6.54. The van der Waals surface area contributed by atoms with Crippen LogP contribution in [0.25, 0.3) is 0 Å². The number of ether oxygens (including phenoxy) is 1. The first-order valence-corrected chi connectivity index (χ1v) is 8.38. The zero-order valence-corrected chi connectivity index (χ0v) is 13.7. The molecule has 2 rings (SSSR count). The first-order chi connectivity index (χ1) is 10.3. The third-order valence-corrected chi connectivity index (χ3v) is 4.90. The van der Waals surface area contributed by atoms with Crippen LogP contribution >= 0.6 is 0 Å². The second-order valence-corrected chi connectivity index (χ2v) is 5.89. The number of benzene rings is 1. The van der Waals surface area contributed by atoms with Gasteiger partial charge in [-0.05, 0) is 43.4 Å². The van der Waals surface area contributed by atoms with Gasteiger partial charge in [0.2, 0.25) is 0 Å². The second kappa shape index (κ2) is 7.65. The van der Waals surface area contributed by atoms with Crippen LogP contribution in [0.15, 0.2) is 42.2 Å². The maximum absolute atomic E-state index is 5.63. The summed E-state index contributed by atoms with van der Waals surface area (Å²) in [5, 5.41) is 3.75. The van der Waals surface area contributed by atoms with E-state index in [9.17, 15) is 0 Å². The van der Waals surface area contributed by atoms with Crippen molar-refractivity contribution in [1.82, 2.24) is 5.32 Å². The summed E-state index contributed by atoms with van der Waals surface area (Å²) in [6.45, 7) is 8.66. The van der Waals surface area contributed by atoms with E-state index in [-0.39, 0.29) is 5.41 Å². The summed E-state index contributed by atoms with van der Waals surface area (Å²) >= 11 is 0. The molecule has 1 heterocycles. The fourth-order valence-corrected chi connectivity index (χ4v) is 3.69. The average molecular weight is 287 g/mol. The van der Waals surface area contributed by atoms with Gasteiger partial charge in [0.1, 0.15) is 0 Å². The van der Waals surface area contributed by atoms with Crippen LogP contribution in [0, 0.1) is 0 Å². The van der Waals surface area contributed by atoms with Crippen molar-refractivity contribution >= 4 is 0 Å². The number of hydrogen-bond donors (Lipinski definition) is 1. The van der Waals surface area contributed by atoms with Gasteiger partial charge in [0.25, 0.3) is 0 Å². The van der Waals surface area contributed by atoms with Crippen molar-refractivity contribution in [2.45, 2.75) is 57.9 Å². The van der Waals surface area contributed by atoms with Crippen LogP contribution in [0.1, 0.15) is 52.0 Å².